The molecule has 2 fully saturated rings. The summed E-state index contributed by atoms with van der Waals surface area (Å²) in [6.07, 6.45) is 0.683. The Balaban J connectivity index is 1.46. The van der Waals surface area contributed by atoms with Gasteiger partial charge in [0.1, 0.15) is 11.9 Å². The zero-order chi connectivity index (χ0) is 24.2. The first-order valence-corrected chi connectivity index (χ1v) is 11.3. The minimum absolute atomic E-state index is 0.0370. The van der Waals surface area contributed by atoms with E-state index >= 15 is 0 Å². The highest BCUT2D eigenvalue weighted by Gasteiger charge is 2.40. The highest BCUT2D eigenvalue weighted by Crippen LogP contribution is 2.26. The maximum absolute atomic E-state index is 14.8. The molecule has 180 valence electrons. The molecule has 0 aromatic heterocycles. The Hall–Kier alpha value is -3.37. The predicted octanol–water partition coefficient (Wildman–Crippen LogP) is 3.66. The van der Waals surface area contributed by atoms with Crippen molar-refractivity contribution in [2.45, 2.75) is 25.0 Å². The van der Waals surface area contributed by atoms with Crippen LogP contribution in [-0.4, -0.2) is 61.8 Å². The molecule has 0 aliphatic carbocycles. The van der Waals surface area contributed by atoms with Crippen molar-refractivity contribution >= 4 is 46.6 Å². The number of nitrogens with one attached hydrogen (secondary N) is 3. The SMILES string of the molecule is CO[C@@H]1C[C@H](C(=O)Nc2ccc(N3CCCNC3=O)cc2F)N(C(=O)Nc2ccc(Cl)cc2)C1. The van der Waals surface area contributed by atoms with Crippen LogP contribution in [0.3, 0.4) is 0 Å². The normalized spacial score (nSPS) is 20.1. The molecular formula is C23H25ClFN5O4. The average molecular weight is 490 g/mol. The first-order chi connectivity index (χ1) is 16.4. The van der Waals surface area contributed by atoms with Gasteiger partial charge in [0.2, 0.25) is 5.91 Å². The fraction of sp³-hybridized carbons (Fsp3) is 0.348. The maximum atomic E-state index is 14.8. The molecule has 3 N–H and O–H groups in total. The summed E-state index contributed by atoms with van der Waals surface area (Å²) >= 11 is 5.88. The van der Waals surface area contributed by atoms with Gasteiger partial charge in [-0.25, -0.2) is 14.0 Å². The number of hydrogen-bond donors (Lipinski definition) is 3. The molecule has 34 heavy (non-hydrogen) atoms. The van der Waals surface area contributed by atoms with E-state index < -0.39 is 23.8 Å². The third-order valence-electron chi connectivity index (χ3n) is 5.86. The van der Waals surface area contributed by atoms with E-state index in [9.17, 15) is 18.8 Å². The smallest absolute Gasteiger partial charge is 0.322 e. The predicted molar refractivity (Wildman–Crippen MR) is 127 cm³/mol. The number of anilines is 3. The summed E-state index contributed by atoms with van der Waals surface area (Å²) in [5, 5.41) is 8.55. The first-order valence-electron chi connectivity index (χ1n) is 10.9. The van der Waals surface area contributed by atoms with Crippen LogP contribution in [0, 0.1) is 5.82 Å². The number of likely N-dealkylation sites (tertiary alicyclic amines) is 1. The van der Waals surface area contributed by atoms with Crippen LogP contribution in [0.4, 0.5) is 31.0 Å². The number of nitrogens with zero attached hydrogens (tertiary/aromatic N) is 2. The first kappa shape index (κ1) is 23.8. The van der Waals surface area contributed by atoms with Crippen LogP contribution < -0.4 is 20.9 Å². The molecule has 9 nitrogen and oxygen atoms in total. The van der Waals surface area contributed by atoms with E-state index in [-0.39, 0.29) is 30.8 Å². The molecule has 2 heterocycles. The number of carbonyl (C=O) groups is 3. The van der Waals surface area contributed by atoms with Crippen LogP contribution in [0.15, 0.2) is 42.5 Å². The Morgan fingerprint density at radius 2 is 1.94 bits per heavy atom. The molecule has 2 aliphatic rings. The lowest BCUT2D eigenvalue weighted by Gasteiger charge is -2.28. The van der Waals surface area contributed by atoms with Gasteiger partial charge in [-0.05, 0) is 48.9 Å². The van der Waals surface area contributed by atoms with Crippen molar-refractivity contribution in [3.8, 4) is 0 Å². The quantitative estimate of drug-likeness (QED) is 0.596. The van der Waals surface area contributed by atoms with Gasteiger partial charge in [-0.15, -0.1) is 0 Å². The third-order valence-corrected chi connectivity index (χ3v) is 6.11. The van der Waals surface area contributed by atoms with Crippen LogP contribution in [-0.2, 0) is 9.53 Å². The van der Waals surface area contributed by atoms with Gasteiger partial charge >= 0.3 is 12.1 Å². The van der Waals surface area contributed by atoms with Crippen LogP contribution in [0.5, 0.6) is 0 Å². The summed E-state index contributed by atoms with van der Waals surface area (Å²) in [6, 6.07) is 9.15. The van der Waals surface area contributed by atoms with E-state index in [1.165, 1.54) is 29.0 Å². The number of hydrogen-bond acceptors (Lipinski definition) is 4. The lowest BCUT2D eigenvalue weighted by atomic mass is 10.1. The fourth-order valence-electron chi connectivity index (χ4n) is 4.03. The second kappa shape index (κ2) is 10.3. The molecule has 11 heteroatoms. The van der Waals surface area contributed by atoms with E-state index in [1.54, 1.807) is 30.3 Å². The van der Waals surface area contributed by atoms with Crippen molar-refractivity contribution in [2.24, 2.45) is 0 Å². The van der Waals surface area contributed by atoms with E-state index in [2.05, 4.69) is 16.0 Å². The Morgan fingerprint density at radius 3 is 2.62 bits per heavy atom. The van der Waals surface area contributed by atoms with Gasteiger partial charge in [-0.3, -0.25) is 9.69 Å². The summed E-state index contributed by atoms with van der Waals surface area (Å²) in [5.41, 5.74) is 0.889. The molecule has 0 unspecified atom stereocenters. The Bertz CT molecular complexity index is 1080. The van der Waals surface area contributed by atoms with Crippen LogP contribution >= 0.6 is 11.6 Å². The van der Waals surface area contributed by atoms with Crippen molar-refractivity contribution in [3.63, 3.8) is 0 Å². The van der Waals surface area contributed by atoms with E-state index in [0.29, 0.717) is 29.5 Å². The Morgan fingerprint density at radius 1 is 1.18 bits per heavy atom. The van der Waals surface area contributed by atoms with Gasteiger partial charge in [0, 0.05) is 49.6 Å². The minimum atomic E-state index is -0.857. The molecular weight excluding hydrogens is 465 g/mol. The van der Waals surface area contributed by atoms with Crippen LogP contribution in [0.2, 0.25) is 5.02 Å². The Kier molecular flexibility index (Phi) is 7.18. The van der Waals surface area contributed by atoms with E-state index in [0.717, 1.165) is 6.42 Å². The van der Waals surface area contributed by atoms with Crippen molar-refractivity contribution < 1.29 is 23.5 Å². The fourth-order valence-corrected chi connectivity index (χ4v) is 4.16. The second-order valence-electron chi connectivity index (χ2n) is 8.09. The molecule has 0 saturated carbocycles. The maximum Gasteiger partial charge on any atom is 0.322 e. The molecule has 2 aromatic carbocycles. The molecule has 2 aromatic rings. The highest BCUT2D eigenvalue weighted by atomic mass is 35.5. The van der Waals surface area contributed by atoms with Gasteiger partial charge in [-0.2, -0.15) is 0 Å². The van der Waals surface area contributed by atoms with Crippen molar-refractivity contribution in [3.05, 3.63) is 53.3 Å². The molecule has 0 bridgehead atoms. The topological polar surface area (TPSA) is 103 Å². The standard InChI is InChI=1S/C23H25ClFN5O4/c1-34-17-12-20(30(13-17)23(33)27-15-5-3-14(24)4-6-15)21(31)28-19-8-7-16(11-18(19)25)29-10-2-9-26-22(29)32/h3-8,11,17,20H,2,9-10,12-13H2,1H3,(H,26,32)(H,27,33)(H,28,31)/t17-,20-/m1/s1. The van der Waals surface area contributed by atoms with Crippen LogP contribution in [0.25, 0.3) is 0 Å². The number of rotatable bonds is 5. The van der Waals surface area contributed by atoms with Crippen molar-refractivity contribution in [1.82, 2.24) is 10.2 Å². The molecule has 4 rings (SSSR count). The summed E-state index contributed by atoms with van der Waals surface area (Å²) in [4.78, 5) is 40.7. The number of ether oxygens (including phenoxy) is 1. The molecule has 0 radical (unpaired) electrons. The number of methoxy groups -OCH3 is 1. The number of halogens is 2. The van der Waals surface area contributed by atoms with Gasteiger partial charge in [-0.1, -0.05) is 11.6 Å². The molecule has 0 spiro atoms. The lowest BCUT2D eigenvalue weighted by Crippen LogP contribution is -2.46. The second-order valence-corrected chi connectivity index (χ2v) is 8.53. The van der Waals surface area contributed by atoms with Crippen molar-refractivity contribution in [1.29, 1.82) is 0 Å². The number of carbonyl (C=O) groups excluding carboxylic acids is 3. The summed E-state index contributed by atoms with van der Waals surface area (Å²) in [5.74, 6) is -1.21. The van der Waals surface area contributed by atoms with E-state index in [1.807, 2.05) is 0 Å². The summed E-state index contributed by atoms with van der Waals surface area (Å²) in [7, 11) is 1.51. The van der Waals surface area contributed by atoms with Crippen molar-refractivity contribution in [2.75, 3.05) is 42.3 Å². The Labute approximate surface area is 201 Å². The molecule has 2 saturated heterocycles. The number of amides is 5. The van der Waals surface area contributed by atoms with Gasteiger partial charge in [0.25, 0.3) is 0 Å². The van der Waals surface area contributed by atoms with Gasteiger partial charge < -0.3 is 25.6 Å². The molecule has 5 amide bonds. The zero-order valence-electron chi connectivity index (χ0n) is 18.5. The van der Waals surface area contributed by atoms with Gasteiger partial charge in [0.15, 0.2) is 0 Å². The monoisotopic (exact) mass is 489 g/mol. The van der Waals surface area contributed by atoms with Crippen LogP contribution in [0.1, 0.15) is 12.8 Å². The van der Waals surface area contributed by atoms with E-state index in [4.69, 9.17) is 16.3 Å². The number of benzene rings is 2. The average Bonchev–Trinajstić information content (AvgIpc) is 3.27. The summed E-state index contributed by atoms with van der Waals surface area (Å²) < 4.78 is 20.2. The molecule has 2 atom stereocenters. The summed E-state index contributed by atoms with van der Waals surface area (Å²) in [6.45, 7) is 1.27. The largest absolute Gasteiger partial charge is 0.380 e. The molecule has 2 aliphatic heterocycles. The number of urea groups is 2. The third kappa shape index (κ3) is 5.23. The highest BCUT2D eigenvalue weighted by molar-refractivity contribution is 6.30. The zero-order valence-corrected chi connectivity index (χ0v) is 19.3. The minimum Gasteiger partial charge on any atom is -0.380 e. The van der Waals surface area contributed by atoms with Gasteiger partial charge in [0.05, 0.1) is 11.8 Å². The lowest BCUT2D eigenvalue weighted by molar-refractivity contribution is -0.119.